The van der Waals surface area contributed by atoms with Crippen molar-refractivity contribution in [2.75, 3.05) is 11.9 Å². The van der Waals surface area contributed by atoms with Crippen molar-refractivity contribution in [1.29, 1.82) is 0 Å². The molecular weight excluding hydrogens is 193 g/mol. The summed E-state index contributed by atoms with van der Waals surface area (Å²) in [6.07, 6.45) is 1.20. The molecule has 0 spiro atoms. The van der Waals surface area contributed by atoms with E-state index in [1.54, 1.807) is 25.2 Å². The van der Waals surface area contributed by atoms with Crippen LogP contribution in [-0.4, -0.2) is 30.1 Å². The minimum atomic E-state index is -1.53. The normalized spacial score (nSPS) is 9.53. The lowest BCUT2D eigenvalue weighted by molar-refractivity contribution is -0.113. The van der Waals surface area contributed by atoms with Gasteiger partial charge in [0.05, 0.1) is 0 Å². The molecule has 0 unspecified atom stereocenters. The molecule has 4 nitrogen and oxygen atoms in total. The van der Waals surface area contributed by atoms with Crippen LogP contribution in [0.5, 0.6) is 0 Å². The fourth-order valence-corrected chi connectivity index (χ4v) is 1.16. The molecule has 15 heavy (non-hydrogen) atoms. The molecule has 5 heteroatoms. The van der Waals surface area contributed by atoms with E-state index in [-0.39, 0.29) is 5.91 Å². The number of hydrogen-bond donors (Lipinski definition) is 2. The third-order valence-corrected chi connectivity index (χ3v) is 2.06. The number of benzene rings is 1. The van der Waals surface area contributed by atoms with Crippen molar-refractivity contribution in [2.45, 2.75) is 0 Å². The molecule has 0 radical (unpaired) electrons. The molecule has 0 bridgehead atoms. The Hall–Kier alpha value is -1.59. The van der Waals surface area contributed by atoms with Gasteiger partial charge in [-0.25, -0.2) is 0 Å². The lowest BCUT2D eigenvalue weighted by Gasteiger charge is -2.15. The summed E-state index contributed by atoms with van der Waals surface area (Å²) in [5, 5.41) is 17.9. The van der Waals surface area contributed by atoms with Gasteiger partial charge in [-0.3, -0.25) is 4.79 Å². The highest BCUT2D eigenvalue weighted by molar-refractivity contribution is 6.58. The molecule has 0 saturated heterocycles. The van der Waals surface area contributed by atoms with Crippen LogP contribution in [0.2, 0.25) is 0 Å². The first-order valence-corrected chi connectivity index (χ1v) is 4.42. The first-order valence-electron chi connectivity index (χ1n) is 4.42. The highest BCUT2D eigenvalue weighted by atomic mass is 16.4. The minimum absolute atomic E-state index is 0.250. The maximum Gasteiger partial charge on any atom is 0.488 e. The summed E-state index contributed by atoms with van der Waals surface area (Å²) in [5.41, 5.74) is 0.932. The molecule has 78 valence electrons. The van der Waals surface area contributed by atoms with Crippen molar-refractivity contribution in [3.63, 3.8) is 0 Å². The molecule has 0 aliphatic heterocycles. The second kappa shape index (κ2) is 4.77. The number of amides is 1. The van der Waals surface area contributed by atoms with E-state index < -0.39 is 7.12 Å². The predicted octanol–water partition coefficient (Wildman–Crippen LogP) is -0.485. The summed E-state index contributed by atoms with van der Waals surface area (Å²) in [7, 11) is 0.0598. The molecule has 0 aliphatic carbocycles. The number of likely N-dealkylation sites (N-methyl/N-ethyl adjacent to an activating group) is 1. The minimum Gasteiger partial charge on any atom is -0.423 e. The van der Waals surface area contributed by atoms with E-state index in [4.69, 9.17) is 10.0 Å². The number of carbonyl (C=O) groups excluding carboxylic acids is 1. The van der Waals surface area contributed by atoms with Crippen molar-refractivity contribution >= 4 is 24.2 Å². The zero-order chi connectivity index (χ0) is 11.4. The van der Waals surface area contributed by atoms with Crippen LogP contribution in [0.4, 0.5) is 5.69 Å². The second-order valence-corrected chi connectivity index (χ2v) is 3.07. The maximum atomic E-state index is 11.3. The Morgan fingerprint density at radius 2 is 2.20 bits per heavy atom. The van der Waals surface area contributed by atoms with Crippen LogP contribution in [0.1, 0.15) is 0 Å². The van der Waals surface area contributed by atoms with Gasteiger partial charge in [-0.1, -0.05) is 18.7 Å². The van der Waals surface area contributed by atoms with Crippen molar-refractivity contribution in [1.82, 2.24) is 0 Å². The fourth-order valence-electron chi connectivity index (χ4n) is 1.16. The summed E-state index contributed by atoms with van der Waals surface area (Å²) >= 11 is 0. The van der Waals surface area contributed by atoms with Gasteiger partial charge in [0.2, 0.25) is 5.91 Å². The van der Waals surface area contributed by atoms with Crippen LogP contribution in [0.25, 0.3) is 0 Å². The topological polar surface area (TPSA) is 60.8 Å². The SMILES string of the molecule is C=CC(=O)N(C)c1cccc(B(O)O)c1. The van der Waals surface area contributed by atoms with E-state index in [1.165, 1.54) is 17.0 Å². The third-order valence-electron chi connectivity index (χ3n) is 2.06. The molecule has 0 saturated carbocycles. The van der Waals surface area contributed by atoms with E-state index in [2.05, 4.69) is 6.58 Å². The monoisotopic (exact) mass is 205 g/mol. The first-order chi connectivity index (χ1) is 7.06. The van der Waals surface area contributed by atoms with Crippen LogP contribution in [0.15, 0.2) is 36.9 Å². The average Bonchev–Trinajstić information content (AvgIpc) is 2.27. The van der Waals surface area contributed by atoms with Crippen LogP contribution < -0.4 is 10.4 Å². The van der Waals surface area contributed by atoms with Crippen LogP contribution >= 0.6 is 0 Å². The summed E-state index contributed by atoms with van der Waals surface area (Å²) < 4.78 is 0. The molecule has 1 aromatic rings. The molecule has 0 aromatic heterocycles. The number of nitrogens with zero attached hydrogens (tertiary/aromatic N) is 1. The van der Waals surface area contributed by atoms with Gasteiger partial charge in [-0.05, 0) is 23.7 Å². The van der Waals surface area contributed by atoms with E-state index in [1.807, 2.05) is 0 Å². The number of rotatable bonds is 3. The van der Waals surface area contributed by atoms with Crippen molar-refractivity contribution < 1.29 is 14.8 Å². The molecule has 0 heterocycles. The van der Waals surface area contributed by atoms with Crippen LogP contribution in [-0.2, 0) is 4.79 Å². The Morgan fingerprint density at radius 3 is 2.73 bits per heavy atom. The van der Waals surface area contributed by atoms with Crippen molar-refractivity contribution in [2.24, 2.45) is 0 Å². The Balaban J connectivity index is 2.99. The lowest BCUT2D eigenvalue weighted by atomic mass is 9.80. The van der Waals surface area contributed by atoms with Gasteiger partial charge in [0.15, 0.2) is 0 Å². The average molecular weight is 205 g/mol. The predicted molar refractivity (Wildman–Crippen MR) is 59.9 cm³/mol. The highest BCUT2D eigenvalue weighted by Crippen LogP contribution is 2.10. The molecule has 0 fully saturated rings. The van der Waals surface area contributed by atoms with Gasteiger partial charge in [0.1, 0.15) is 0 Å². The first kappa shape index (κ1) is 11.5. The van der Waals surface area contributed by atoms with Gasteiger partial charge in [0.25, 0.3) is 0 Å². The second-order valence-electron chi connectivity index (χ2n) is 3.07. The zero-order valence-corrected chi connectivity index (χ0v) is 8.42. The van der Waals surface area contributed by atoms with Gasteiger partial charge < -0.3 is 14.9 Å². The molecule has 1 amide bonds. The highest BCUT2D eigenvalue weighted by Gasteiger charge is 2.13. The van der Waals surface area contributed by atoms with Gasteiger partial charge in [-0.15, -0.1) is 0 Å². The summed E-state index contributed by atoms with van der Waals surface area (Å²) in [5.74, 6) is -0.250. The molecule has 1 aromatic carbocycles. The van der Waals surface area contributed by atoms with Gasteiger partial charge in [-0.2, -0.15) is 0 Å². The summed E-state index contributed by atoms with van der Waals surface area (Å²) in [6.45, 7) is 3.37. The quantitative estimate of drug-likeness (QED) is 0.517. The zero-order valence-electron chi connectivity index (χ0n) is 8.42. The van der Waals surface area contributed by atoms with Gasteiger partial charge >= 0.3 is 7.12 Å². The van der Waals surface area contributed by atoms with Crippen LogP contribution in [0.3, 0.4) is 0 Å². The number of hydrogen-bond acceptors (Lipinski definition) is 3. The van der Waals surface area contributed by atoms with E-state index in [9.17, 15) is 4.79 Å². The number of anilines is 1. The van der Waals surface area contributed by atoms with Crippen molar-refractivity contribution in [3.8, 4) is 0 Å². The van der Waals surface area contributed by atoms with E-state index >= 15 is 0 Å². The summed E-state index contributed by atoms with van der Waals surface area (Å²) in [4.78, 5) is 12.7. The third kappa shape index (κ3) is 2.68. The Bertz CT molecular complexity index is 379. The Labute approximate surface area is 88.6 Å². The van der Waals surface area contributed by atoms with Gasteiger partial charge in [0, 0.05) is 12.7 Å². The fraction of sp³-hybridized carbons (Fsp3) is 0.100. The van der Waals surface area contributed by atoms with Crippen LogP contribution in [0, 0.1) is 0 Å². The van der Waals surface area contributed by atoms with Crippen molar-refractivity contribution in [3.05, 3.63) is 36.9 Å². The molecular formula is C10H12BNO3. The summed E-state index contributed by atoms with van der Waals surface area (Å²) in [6, 6.07) is 6.46. The van der Waals surface area contributed by atoms with E-state index in [0.29, 0.717) is 11.2 Å². The number of carbonyl (C=O) groups is 1. The standard InChI is InChI=1S/C10H12BNO3/c1-3-10(13)12(2)9-6-4-5-8(7-9)11(14)15/h3-7,14-15H,1H2,2H3. The smallest absolute Gasteiger partial charge is 0.423 e. The molecule has 0 atom stereocenters. The lowest BCUT2D eigenvalue weighted by Crippen LogP contribution is -2.31. The molecule has 0 aliphatic rings. The Kier molecular flexibility index (Phi) is 3.65. The largest absolute Gasteiger partial charge is 0.488 e. The Morgan fingerprint density at radius 1 is 1.53 bits per heavy atom. The van der Waals surface area contributed by atoms with E-state index in [0.717, 1.165) is 0 Å². The molecule has 1 rings (SSSR count). The molecule has 2 N–H and O–H groups in total. The maximum absolute atomic E-state index is 11.3.